The van der Waals surface area contributed by atoms with Gasteiger partial charge in [-0.3, -0.25) is 28.2 Å². The van der Waals surface area contributed by atoms with E-state index < -0.39 is 167 Å². The Bertz CT molecular complexity index is 1820. The van der Waals surface area contributed by atoms with Crippen molar-refractivity contribution in [2.24, 2.45) is 5.73 Å². The number of nitrogens with one attached hydrogen (secondary N) is 2. The minimum Gasteiger partial charge on any atom is -0.756 e. The Labute approximate surface area is 340 Å². The summed E-state index contributed by atoms with van der Waals surface area (Å²) in [4.78, 5) is 67.1. The highest BCUT2D eigenvalue weighted by Crippen LogP contribution is 2.48. The predicted octanol–water partition coefficient (Wildman–Crippen LogP) is -6.38. The molecule has 26 nitrogen and oxygen atoms in total. The first kappa shape index (κ1) is 48.2. The monoisotopic (exact) mass is 887 g/mol. The van der Waals surface area contributed by atoms with E-state index in [1.54, 1.807) is 0 Å². The van der Waals surface area contributed by atoms with E-state index in [9.17, 15) is 64.4 Å². The van der Waals surface area contributed by atoms with Crippen LogP contribution in [0.2, 0.25) is 0 Å². The largest absolute Gasteiger partial charge is 0.756 e. The van der Waals surface area contributed by atoms with Crippen LogP contribution < -0.4 is 27.2 Å². The molecule has 5 unspecified atom stereocenters. The molecule has 5 heterocycles. The minimum atomic E-state index is -6.05. The number of hydrogen-bond donors (Lipinski definition) is 10. The highest BCUT2D eigenvalue weighted by Gasteiger charge is 2.58. The Morgan fingerprint density at radius 3 is 2.13 bits per heavy atom. The number of phosphoric acid groups is 1. The van der Waals surface area contributed by atoms with Gasteiger partial charge in [-0.05, 0) is 34.6 Å². The summed E-state index contributed by atoms with van der Waals surface area (Å²) < 4.78 is 66.0. The predicted molar refractivity (Wildman–Crippen MR) is 190 cm³/mol. The van der Waals surface area contributed by atoms with Crippen molar-refractivity contribution < 1.29 is 97.0 Å². The molecule has 4 aliphatic heterocycles. The first-order valence-electron chi connectivity index (χ1n) is 18.7. The molecule has 4 fully saturated rings. The fourth-order valence-electron chi connectivity index (χ4n) is 7.02. The maximum atomic E-state index is 14.1. The third-order valence-corrected chi connectivity index (χ3v) is 10.7. The van der Waals surface area contributed by atoms with Crippen LogP contribution in [0.25, 0.3) is 0 Å². The summed E-state index contributed by atoms with van der Waals surface area (Å²) in [5.41, 5.74) is 2.34. The van der Waals surface area contributed by atoms with Crippen LogP contribution in [0, 0.1) is 0 Å². The van der Waals surface area contributed by atoms with E-state index in [1.807, 2.05) is 0 Å². The van der Waals surface area contributed by atoms with Crippen molar-refractivity contribution in [1.29, 1.82) is 0 Å². The highest BCUT2D eigenvalue weighted by atomic mass is 31.2. The van der Waals surface area contributed by atoms with Gasteiger partial charge in [-0.1, -0.05) is 0 Å². The number of esters is 1. The standard InChI is InChI=1S/C33H53N4O22P/c1-32(2,3)57-28(47)25(58-60(49,50)59-29-18(35-17(41)9-34)21(44)19(42)14(10-38)53-29)13(52-30-23(46)22(45)20(43)15(11-39)54-30)8-12-24-26(56-33(4,5)55-24)27(51-12)37-7-6-16(40)36-31(37)48/h6-7,12-15,18-27,29-30,38-39,42-46H,8-11,34H2,1-5H3,(H,35,41)(H,49,50)(H,36,40,48)/p-1/t12-,13+,14?,15?,18-,19-,20-,21-,22+,23-,24?,25+,26?,27-,29-,30+/m1/s1. The Balaban J connectivity index is 1.56. The first-order chi connectivity index (χ1) is 27.9. The van der Waals surface area contributed by atoms with Crippen LogP contribution in [0.3, 0.4) is 0 Å². The van der Waals surface area contributed by atoms with E-state index in [4.69, 9.17) is 47.9 Å². The molecule has 1 aromatic rings. The lowest BCUT2D eigenvalue weighted by atomic mass is 9.97. The zero-order valence-corrected chi connectivity index (χ0v) is 33.8. The van der Waals surface area contributed by atoms with Crippen molar-refractivity contribution in [3.05, 3.63) is 33.1 Å². The number of fused-ring (bicyclic) bond motifs is 1. The molecule has 0 aromatic carbocycles. The van der Waals surface area contributed by atoms with Crippen LogP contribution in [-0.4, -0.2) is 180 Å². The number of aliphatic hydroxyl groups is 7. The van der Waals surface area contributed by atoms with Gasteiger partial charge < -0.3 is 89.4 Å². The zero-order chi connectivity index (χ0) is 44.6. The molecule has 60 heavy (non-hydrogen) atoms. The molecule has 4 aliphatic rings. The summed E-state index contributed by atoms with van der Waals surface area (Å²) >= 11 is 0. The smallest absolute Gasteiger partial charge is 0.339 e. The van der Waals surface area contributed by atoms with Crippen LogP contribution in [0.1, 0.15) is 47.3 Å². The normalized spacial score (nSPS) is 37.4. The lowest BCUT2D eigenvalue weighted by Crippen LogP contribution is -2.65. The summed E-state index contributed by atoms with van der Waals surface area (Å²) in [6.07, 6.45) is -26.5. The Kier molecular flexibility index (Phi) is 15.2. The molecule has 0 bridgehead atoms. The summed E-state index contributed by atoms with van der Waals surface area (Å²) in [5.74, 6) is -3.77. The second kappa shape index (κ2) is 18.9. The van der Waals surface area contributed by atoms with Crippen molar-refractivity contribution in [2.45, 2.75) is 151 Å². The highest BCUT2D eigenvalue weighted by molar-refractivity contribution is 7.45. The van der Waals surface area contributed by atoms with Crippen molar-refractivity contribution in [3.8, 4) is 0 Å². The number of nitrogens with zero attached hydrogens (tertiary/aromatic N) is 1. The number of ether oxygens (including phenoxy) is 7. The van der Waals surface area contributed by atoms with Crippen LogP contribution >= 0.6 is 7.82 Å². The Hall–Kier alpha value is -2.83. The molecular weight excluding hydrogens is 835 g/mol. The molecule has 5 rings (SSSR count). The Morgan fingerprint density at radius 1 is 0.950 bits per heavy atom. The van der Waals surface area contributed by atoms with E-state index >= 15 is 0 Å². The molecule has 0 radical (unpaired) electrons. The molecule has 0 saturated carbocycles. The molecule has 342 valence electrons. The van der Waals surface area contributed by atoms with Gasteiger partial charge in [0, 0.05) is 18.7 Å². The summed E-state index contributed by atoms with van der Waals surface area (Å²) in [7, 11) is -6.05. The third kappa shape index (κ3) is 11.0. The average molecular weight is 888 g/mol. The van der Waals surface area contributed by atoms with E-state index in [0.29, 0.717) is 0 Å². The molecule has 11 N–H and O–H groups in total. The van der Waals surface area contributed by atoms with E-state index in [2.05, 4.69) is 10.3 Å². The fourth-order valence-corrected chi connectivity index (χ4v) is 8.00. The van der Waals surface area contributed by atoms with Gasteiger partial charge in [0.05, 0.1) is 25.9 Å². The second-order valence-corrected chi connectivity index (χ2v) is 17.2. The molecule has 0 aliphatic carbocycles. The maximum Gasteiger partial charge on any atom is 0.339 e. The van der Waals surface area contributed by atoms with E-state index in [0.717, 1.165) is 16.8 Å². The van der Waals surface area contributed by atoms with Gasteiger partial charge in [0.2, 0.25) is 5.91 Å². The van der Waals surface area contributed by atoms with Gasteiger partial charge in [0.25, 0.3) is 13.4 Å². The number of carbonyl (C=O) groups excluding carboxylic acids is 2. The van der Waals surface area contributed by atoms with Crippen LogP contribution in [-0.2, 0) is 56.4 Å². The van der Waals surface area contributed by atoms with Crippen LogP contribution in [0.4, 0.5) is 0 Å². The molecule has 27 heteroatoms. The number of amides is 1. The SMILES string of the molecule is CC(C)(C)OC(=O)[C@@H](OP(=O)([O-])O[C@H]1OC(CO)[C@@H](O)[C@H](O)[C@H]1NC(=O)CN)[C@H](C[C@H]1O[C@@H](n2ccc(=O)[nH]c2=O)C2OC(C)(C)OC21)O[C@H]1OC(CO)[C@@H](O)[C@H](O)[C@H]1O. The zero-order valence-electron chi connectivity index (χ0n) is 32.9. The average Bonchev–Trinajstić information content (AvgIpc) is 3.64. The topological polar surface area (TPSA) is 392 Å². The van der Waals surface area contributed by atoms with Crippen molar-refractivity contribution in [1.82, 2.24) is 14.9 Å². The number of aliphatic hydroxyl groups excluding tert-OH is 7. The number of phosphoric ester groups is 1. The fraction of sp³-hybridized carbons (Fsp3) is 0.818. The summed E-state index contributed by atoms with van der Waals surface area (Å²) in [6.45, 7) is 4.72. The number of nitrogens with two attached hydrogens (primary N) is 1. The second-order valence-electron chi connectivity index (χ2n) is 15.9. The number of rotatable bonds is 15. The van der Waals surface area contributed by atoms with E-state index in [1.165, 1.54) is 34.6 Å². The maximum absolute atomic E-state index is 14.1. The van der Waals surface area contributed by atoms with Crippen LogP contribution in [0.5, 0.6) is 0 Å². The summed E-state index contributed by atoms with van der Waals surface area (Å²) in [6, 6.07) is -0.840. The lowest BCUT2D eigenvalue weighted by molar-refractivity contribution is -0.322. The summed E-state index contributed by atoms with van der Waals surface area (Å²) in [5, 5.41) is 74.9. The molecule has 1 aromatic heterocycles. The van der Waals surface area contributed by atoms with Gasteiger partial charge in [0.1, 0.15) is 72.7 Å². The Morgan fingerprint density at radius 2 is 1.55 bits per heavy atom. The van der Waals surface area contributed by atoms with Crippen molar-refractivity contribution in [2.75, 3.05) is 19.8 Å². The molecule has 4 saturated heterocycles. The van der Waals surface area contributed by atoms with Gasteiger partial charge in [-0.25, -0.2) is 9.59 Å². The lowest BCUT2D eigenvalue weighted by Gasteiger charge is -2.44. The molecule has 1 amide bonds. The van der Waals surface area contributed by atoms with E-state index in [-0.39, 0.29) is 0 Å². The number of H-pyrrole nitrogens is 1. The van der Waals surface area contributed by atoms with Gasteiger partial charge in [0.15, 0.2) is 30.7 Å². The quantitative estimate of drug-likeness (QED) is 0.0578. The number of aromatic nitrogens is 2. The minimum absolute atomic E-state index is 0.673. The first-order valence-corrected chi connectivity index (χ1v) is 20.2. The number of carbonyl (C=O) groups is 2. The third-order valence-electron chi connectivity index (χ3n) is 9.72. The molecular formula is C33H52N4O22P-. The molecule has 0 spiro atoms. The van der Waals surface area contributed by atoms with Crippen molar-refractivity contribution >= 4 is 19.7 Å². The number of hydrogen-bond acceptors (Lipinski definition) is 23. The number of aromatic amines is 1. The van der Waals surface area contributed by atoms with Crippen molar-refractivity contribution in [3.63, 3.8) is 0 Å². The van der Waals surface area contributed by atoms with Gasteiger partial charge in [-0.15, -0.1) is 0 Å². The van der Waals surface area contributed by atoms with Crippen LogP contribution in [0.15, 0.2) is 21.9 Å². The van der Waals surface area contributed by atoms with Gasteiger partial charge in [-0.2, -0.15) is 0 Å². The van der Waals surface area contributed by atoms with Gasteiger partial charge >= 0.3 is 11.7 Å². The molecule has 17 atom stereocenters.